The summed E-state index contributed by atoms with van der Waals surface area (Å²) in [5.41, 5.74) is -0.135. The predicted molar refractivity (Wildman–Crippen MR) is 99.4 cm³/mol. The molecular weight excluding hydrogens is 370 g/mol. The molecule has 1 aromatic carbocycles. The van der Waals surface area contributed by atoms with Gasteiger partial charge >= 0.3 is 0 Å². The third-order valence-corrected chi connectivity index (χ3v) is 4.78. The van der Waals surface area contributed by atoms with Gasteiger partial charge in [0.2, 0.25) is 15.9 Å². The van der Waals surface area contributed by atoms with Crippen molar-refractivity contribution >= 4 is 21.8 Å². The predicted octanol–water partition coefficient (Wildman–Crippen LogP) is 1.40. The highest BCUT2D eigenvalue weighted by Crippen LogP contribution is 2.12. The fourth-order valence-corrected chi connectivity index (χ4v) is 3.17. The van der Waals surface area contributed by atoms with E-state index in [0.717, 1.165) is 0 Å². The maximum Gasteiger partial charge on any atom is 0.251 e. The van der Waals surface area contributed by atoms with Crippen LogP contribution < -0.4 is 15.4 Å². The van der Waals surface area contributed by atoms with Crippen LogP contribution in [0.15, 0.2) is 52.0 Å². The van der Waals surface area contributed by atoms with Crippen LogP contribution in [0.4, 0.5) is 0 Å². The van der Waals surface area contributed by atoms with E-state index in [1.165, 1.54) is 30.5 Å². The van der Waals surface area contributed by atoms with Crippen LogP contribution in [0, 0.1) is 0 Å². The number of carbonyl (C=O) groups is 2. The van der Waals surface area contributed by atoms with Crippen LogP contribution in [0.3, 0.4) is 0 Å². The molecule has 0 spiro atoms. The van der Waals surface area contributed by atoms with Crippen molar-refractivity contribution in [2.24, 2.45) is 0 Å². The summed E-state index contributed by atoms with van der Waals surface area (Å²) >= 11 is 0. The Hall–Kier alpha value is -2.65. The number of rotatable bonds is 7. The van der Waals surface area contributed by atoms with E-state index in [9.17, 15) is 18.0 Å². The number of benzene rings is 1. The van der Waals surface area contributed by atoms with Gasteiger partial charge in [-0.25, -0.2) is 13.1 Å². The Morgan fingerprint density at radius 2 is 1.74 bits per heavy atom. The zero-order chi connectivity index (χ0) is 20.1. The zero-order valence-corrected chi connectivity index (χ0v) is 16.2. The first-order chi connectivity index (χ1) is 12.6. The number of carbonyl (C=O) groups excluding carboxylic acids is 2. The molecule has 0 saturated heterocycles. The molecule has 9 heteroatoms. The summed E-state index contributed by atoms with van der Waals surface area (Å²) in [6, 6.07) is 8.75. The summed E-state index contributed by atoms with van der Waals surface area (Å²) in [5.74, 6) is -0.285. The maximum absolute atomic E-state index is 12.3. The lowest BCUT2D eigenvalue weighted by molar-refractivity contribution is -0.121. The zero-order valence-electron chi connectivity index (χ0n) is 15.4. The third-order valence-electron chi connectivity index (χ3n) is 3.37. The van der Waals surface area contributed by atoms with Crippen LogP contribution in [-0.2, 0) is 21.4 Å². The molecule has 0 bridgehead atoms. The molecule has 0 aliphatic carbocycles. The summed E-state index contributed by atoms with van der Waals surface area (Å²) in [6.07, 6.45) is 1.46. The monoisotopic (exact) mass is 393 g/mol. The number of hydrogen-bond donors (Lipinski definition) is 3. The Balaban J connectivity index is 1.93. The summed E-state index contributed by atoms with van der Waals surface area (Å²) in [4.78, 5) is 23.8. The van der Waals surface area contributed by atoms with Crippen LogP contribution in [0.1, 0.15) is 36.9 Å². The number of nitrogens with one attached hydrogen (secondary N) is 3. The molecule has 0 radical (unpaired) electrons. The maximum atomic E-state index is 12.3. The van der Waals surface area contributed by atoms with Crippen molar-refractivity contribution in [3.8, 4) is 0 Å². The Labute approximate surface area is 158 Å². The molecule has 1 aromatic heterocycles. The van der Waals surface area contributed by atoms with Crippen LogP contribution in [0.2, 0.25) is 0 Å². The average molecular weight is 393 g/mol. The quantitative estimate of drug-likeness (QED) is 0.657. The first-order valence-corrected chi connectivity index (χ1v) is 9.76. The fraction of sp³-hybridized carbons (Fsp3) is 0.333. The molecule has 1 heterocycles. The van der Waals surface area contributed by atoms with Crippen molar-refractivity contribution in [2.45, 2.75) is 37.8 Å². The highest BCUT2D eigenvalue weighted by atomic mass is 32.2. The Morgan fingerprint density at radius 1 is 1.07 bits per heavy atom. The summed E-state index contributed by atoms with van der Waals surface area (Å²) in [5, 5.41) is 5.23. The lowest BCUT2D eigenvalue weighted by Crippen LogP contribution is -2.45. The lowest BCUT2D eigenvalue weighted by Gasteiger charge is -2.20. The first kappa shape index (κ1) is 20.7. The highest BCUT2D eigenvalue weighted by molar-refractivity contribution is 7.89. The minimum atomic E-state index is -3.73. The second-order valence-electron chi connectivity index (χ2n) is 6.91. The molecular formula is C18H23N3O5S. The van der Waals surface area contributed by atoms with Gasteiger partial charge in [0.15, 0.2) is 0 Å². The Bertz CT molecular complexity index is 882. The lowest BCUT2D eigenvalue weighted by atomic mass is 10.1. The first-order valence-electron chi connectivity index (χ1n) is 8.28. The van der Waals surface area contributed by atoms with Crippen molar-refractivity contribution in [3.05, 3.63) is 54.0 Å². The second kappa shape index (κ2) is 8.36. The van der Waals surface area contributed by atoms with E-state index in [2.05, 4.69) is 15.4 Å². The van der Waals surface area contributed by atoms with Gasteiger partial charge in [0.1, 0.15) is 5.76 Å². The molecule has 0 fully saturated rings. The van der Waals surface area contributed by atoms with Crippen molar-refractivity contribution in [1.29, 1.82) is 0 Å². The van der Waals surface area contributed by atoms with E-state index in [1.807, 2.05) is 20.8 Å². The van der Waals surface area contributed by atoms with Crippen LogP contribution in [0.5, 0.6) is 0 Å². The number of hydrogen-bond acceptors (Lipinski definition) is 5. The Kier molecular flexibility index (Phi) is 6.40. The van der Waals surface area contributed by atoms with Gasteiger partial charge < -0.3 is 15.1 Å². The van der Waals surface area contributed by atoms with Gasteiger partial charge in [-0.05, 0) is 57.2 Å². The van der Waals surface area contributed by atoms with Gasteiger partial charge in [-0.2, -0.15) is 0 Å². The topological polar surface area (TPSA) is 118 Å². The molecule has 8 nitrogen and oxygen atoms in total. The van der Waals surface area contributed by atoms with Gasteiger partial charge in [-0.3, -0.25) is 9.59 Å². The SMILES string of the molecule is CC(C)(C)NC(=O)CNC(=O)c1ccc(S(=O)(=O)NCc2ccco2)cc1. The molecule has 3 N–H and O–H groups in total. The minimum absolute atomic E-state index is 0.0241. The van der Waals surface area contributed by atoms with Crippen LogP contribution in [0.25, 0.3) is 0 Å². The summed E-state index contributed by atoms with van der Waals surface area (Å²) in [7, 11) is -3.73. The van der Waals surface area contributed by atoms with E-state index in [1.54, 1.807) is 12.1 Å². The van der Waals surface area contributed by atoms with Gasteiger partial charge in [0.05, 0.1) is 24.2 Å². The molecule has 2 rings (SSSR count). The molecule has 146 valence electrons. The summed E-state index contributed by atoms with van der Waals surface area (Å²) < 4.78 is 32.0. The van der Waals surface area contributed by atoms with E-state index in [-0.39, 0.29) is 35.0 Å². The number of furan rings is 1. The van der Waals surface area contributed by atoms with Gasteiger partial charge in [0, 0.05) is 11.1 Å². The number of sulfonamides is 1. The van der Waals surface area contributed by atoms with E-state index < -0.39 is 15.9 Å². The molecule has 2 amide bonds. The second-order valence-corrected chi connectivity index (χ2v) is 8.68. The normalized spacial score (nSPS) is 11.8. The largest absolute Gasteiger partial charge is 0.468 e. The number of amides is 2. The van der Waals surface area contributed by atoms with Crippen LogP contribution in [-0.4, -0.2) is 32.3 Å². The van der Waals surface area contributed by atoms with Crippen LogP contribution >= 0.6 is 0 Å². The molecule has 0 unspecified atom stereocenters. The van der Waals surface area contributed by atoms with E-state index in [0.29, 0.717) is 5.76 Å². The van der Waals surface area contributed by atoms with Crippen molar-refractivity contribution in [3.63, 3.8) is 0 Å². The third kappa shape index (κ3) is 6.54. The molecule has 0 saturated carbocycles. The van der Waals surface area contributed by atoms with Gasteiger partial charge in [-0.15, -0.1) is 0 Å². The smallest absolute Gasteiger partial charge is 0.251 e. The van der Waals surface area contributed by atoms with Crippen molar-refractivity contribution in [1.82, 2.24) is 15.4 Å². The Morgan fingerprint density at radius 3 is 2.30 bits per heavy atom. The minimum Gasteiger partial charge on any atom is -0.468 e. The highest BCUT2D eigenvalue weighted by Gasteiger charge is 2.17. The van der Waals surface area contributed by atoms with Crippen molar-refractivity contribution in [2.75, 3.05) is 6.54 Å². The molecule has 0 atom stereocenters. The molecule has 2 aromatic rings. The van der Waals surface area contributed by atoms with Crippen molar-refractivity contribution < 1.29 is 22.4 Å². The van der Waals surface area contributed by atoms with E-state index >= 15 is 0 Å². The summed E-state index contributed by atoms with van der Waals surface area (Å²) in [6.45, 7) is 5.38. The molecule has 27 heavy (non-hydrogen) atoms. The van der Waals surface area contributed by atoms with Gasteiger partial charge in [0.25, 0.3) is 5.91 Å². The van der Waals surface area contributed by atoms with E-state index in [4.69, 9.17) is 4.42 Å². The molecule has 0 aliphatic heterocycles. The standard InChI is InChI=1S/C18H23N3O5S/c1-18(2,3)21-16(22)12-19-17(23)13-6-8-15(9-7-13)27(24,25)20-11-14-5-4-10-26-14/h4-10,20H,11-12H2,1-3H3,(H,19,23)(H,21,22). The average Bonchev–Trinajstić information content (AvgIpc) is 3.10. The molecule has 0 aliphatic rings. The fourth-order valence-electron chi connectivity index (χ4n) is 2.17. The van der Waals surface area contributed by atoms with Gasteiger partial charge in [-0.1, -0.05) is 0 Å².